The Morgan fingerprint density at radius 3 is 1.19 bits per heavy atom. The van der Waals surface area contributed by atoms with E-state index < -0.39 is 0 Å². The number of thiol groups is 1. The monoisotopic (exact) mass is 246 g/mol. The Morgan fingerprint density at radius 2 is 1.12 bits per heavy atom. The molecule has 1 heteroatoms. The zero-order valence-electron chi connectivity index (χ0n) is 13.0. The van der Waals surface area contributed by atoms with Gasteiger partial charge in [0.2, 0.25) is 0 Å². The Balaban J connectivity index is -0.0000000379. The summed E-state index contributed by atoms with van der Waals surface area (Å²) in [6, 6.07) is 0. The highest BCUT2D eigenvalue weighted by Gasteiger charge is 1.70. The normalized spacial score (nSPS) is 7.75. The van der Waals surface area contributed by atoms with Crippen LogP contribution in [0.25, 0.3) is 0 Å². The number of hydrogen-bond donors (Lipinski definition) is 1. The van der Waals surface area contributed by atoms with Gasteiger partial charge in [0.1, 0.15) is 0 Å². The molecule has 0 aliphatic carbocycles. The summed E-state index contributed by atoms with van der Waals surface area (Å²) in [7, 11) is 0. The molecule has 0 aromatic rings. The van der Waals surface area contributed by atoms with E-state index in [0.29, 0.717) is 0 Å². The lowest BCUT2D eigenvalue weighted by molar-refractivity contribution is 1.50. The summed E-state index contributed by atoms with van der Waals surface area (Å²) in [5.41, 5.74) is 0. The topological polar surface area (TPSA) is 0 Å². The minimum atomic E-state index is 1.02. The molecule has 0 spiro atoms. The summed E-state index contributed by atoms with van der Waals surface area (Å²) in [4.78, 5) is 1.02. The molecule has 0 fully saturated rings. The van der Waals surface area contributed by atoms with Gasteiger partial charge in [0, 0.05) is 0 Å². The van der Waals surface area contributed by atoms with Crippen LogP contribution in [0.5, 0.6) is 0 Å². The lowest BCUT2D eigenvalue weighted by atomic mass is 10.4. The number of allylic oxidation sites excluding steroid dienone is 4. The summed E-state index contributed by atoms with van der Waals surface area (Å²) >= 11 is 4.08. The van der Waals surface area contributed by atoms with Crippen LogP contribution < -0.4 is 0 Å². The van der Waals surface area contributed by atoms with E-state index in [1.54, 1.807) is 6.08 Å². The highest BCUT2D eigenvalue weighted by atomic mass is 32.1. The Labute approximate surface area is 111 Å². The molecule has 0 unspecified atom stereocenters. The Bertz CT molecular complexity index is 121. The number of rotatable bonds is 1. The molecule has 16 heavy (non-hydrogen) atoms. The Hall–Kier alpha value is -0.430. The van der Waals surface area contributed by atoms with Gasteiger partial charge in [-0.3, -0.25) is 0 Å². The van der Waals surface area contributed by atoms with Gasteiger partial charge in [-0.2, -0.15) is 0 Å². The van der Waals surface area contributed by atoms with Gasteiger partial charge in [0.25, 0.3) is 0 Å². The van der Waals surface area contributed by atoms with Crippen molar-refractivity contribution in [3.63, 3.8) is 0 Å². The molecule has 0 rings (SSSR count). The molecule has 0 aromatic heterocycles. The summed E-state index contributed by atoms with van der Waals surface area (Å²) in [5.74, 6) is 0. The zero-order valence-corrected chi connectivity index (χ0v) is 13.9. The third kappa shape index (κ3) is 103. The lowest BCUT2D eigenvalue weighted by Gasteiger charge is -1.80. The first-order chi connectivity index (χ1) is 7.72. The minimum Gasteiger partial charge on any atom is -0.144 e. The fourth-order valence-electron chi connectivity index (χ4n) is 0.267. The maximum Gasteiger partial charge on any atom is -0.000606 e. The van der Waals surface area contributed by atoms with Crippen molar-refractivity contribution >= 4 is 12.6 Å². The third-order valence-electron chi connectivity index (χ3n) is 0.633. The van der Waals surface area contributed by atoms with Gasteiger partial charge in [-0.1, -0.05) is 65.8 Å². The van der Waals surface area contributed by atoms with Crippen LogP contribution in [0.1, 0.15) is 62.3 Å². The third-order valence-corrected chi connectivity index (χ3v) is 1.04. The molecular formula is C15H34S. The van der Waals surface area contributed by atoms with E-state index in [1.165, 1.54) is 0 Å². The van der Waals surface area contributed by atoms with E-state index >= 15 is 0 Å². The second kappa shape index (κ2) is 62.2. The largest absolute Gasteiger partial charge is 0.144 e. The Morgan fingerprint density at radius 1 is 0.875 bits per heavy atom. The van der Waals surface area contributed by atoms with Crippen LogP contribution >= 0.6 is 12.6 Å². The highest BCUT2D eigenvalue weighted by molar-refractivity contribution is 7.84. The smallest absolute Gasteiger partial charge is 0.000606 e. The summed E-state index contributed by atoms with van der Waals surface area (Å²) < 4.78 is 0. The van der Waals surface area contributed by atoms with Crippen molar-refractivity contribution in [2.24, 2.45) is 0 Å². The summed E-state index contributed by atoms with van der Waals surface area (Å²) in [6.45, 7) is 21.2. The fourth-order valence-corrected chi connectivity index (χ4v) is 0.416. The molecule has 0 saturated carbocycles. The van der Waals surface area contributed by atoms with Crippen molar-refractivity contribution < 1.29 is 0 Å². The molecule has 0 heterocycles. The maximum absolute atomic E-state index is 4.08. The van der Waals surface area contributed by atoms with Crippen LogP contribution in [0.3, 0.4) is 0 Å². The molecule has 0 radical (unpaired) electrons. The standard InChI is InChI=1S/C6H10S.C3H6.3C2H6/c1-3-5-6(7)4-2;1-3-2;3*1-2/h3-5,7H,1-2H3;3H,1H2,2H3;3*1-2H3/b5-3-,6-4+;;;;. The van der Waals surface area contributed by atoms with E-state index in [9.17, 15) is 0 Å². The molecule has 0 atom stereocenters. The predicted molar refractivity (Wildman–Crippen MR) is 87.5 cm³/mol. The van der Waals surface area contributed by atoms with E-state index in [0.717, 1.165) is 4.91 Å². The first kappa shape index (κ1) is 29.6. The summed E-state index contributed by atoms with van der Waals surface area (Å²) in [6.07, 6.45) is 7.61. The van der Waals surface area contributed by atoms with Gasteiger partial charge in [-0.05, 0) is 25.7 Å². The maximum atomic E-state index is 4.08. The molecule has 0 aliphatic rings. The SMILES string of the molecule is C/C=C\C(S)=C/C.C=CC.CC.CC.CC. The van der Waals surface area contributed by atoms with E-state index in [1.807, 2.05) is 80.5 Å². The fraction of sp³-hybridized carbons (Fsp3) is 0.600. The molecule has 0 nitrogen and oxygen atoms in total. The van der Waals surface area contributed by atoms with Crippen LogP contribution in [0, 0.1) is 0 Å². The first-order valence-electron chi connectivity index (χ1n) is 6.27. The molecule has 100 valence electrons. The second-order valence-corrected chi connectivity index (χ2v) is 2.14. The highest BCUT2D eigenvalue weighted by Crippen LogP contribution is 1.99. The van der Waals surface area contributed by atoms with Crippen molar-refractivity contribution in [2.45, 2.75) is 62.3 Å². The number of hydrogen-bond acceptors (Lipinski definition) is 1. The van der Waals surface area contributed by atoms with Gasteiger partial charge in [-0.15, -0.1) is 19.2 Å². The van der Waals surface area contributed by atoms with Crippen LogP contribution in [-0.2, 0) is 0 Å². The summed E-state index contributed by atoms with van der Waals surface area (Å²) in [5, 5.41) is 0. The molecular weight excluding hydrogens is 212 g/mol. The quantitative estimate of drug-likeness (QED) is 0.298. The van der Waals surface area contributed by atoms with Crippen molar-refractivity contribution in [3.05, 3.63) is 35.8 Å². The first-order valence-corrected chi connectivity index (χ1v) is 6.72. The minimum absolute atomic E-state index is 1.02. The van der Waals surface area contributed by atoms with E-state index in [2.05, 4.69) is 19.2 Å². The molecule has 0 aliphatic heterocycles. The van der Waals surface area contributed by atoms with Gasteiger partial charge in [0.15, 0.2) is 0 Å². The van der Waals surface area contributed by atoms with Crippen molar-refractivity contribution in [2.75, 3.05) is 0 Å². The van der Waals surface area contributed by atoms with Gasteiger partial charge in [-0.25, -0.2) is 0 Å². The van der Waals surface area contributed by atoms with Crippen LogP contribution in [0.2, 0.25) is 0 Å². The van der Waals surface area contributed by atoms with Crippen LogP contribution in [-0.4, -0.2) is 0 Å². The van der Waals surface area contributed by atoms with E-state index in [-0.39, 0.29) is 0 Å². The van der Waals surface area contributed by atoms with Gasteiger partial charge in [0.05, 0.1) is 0 Å². The molecule has 0 amide bonds. The average molecular weight is 247 g/mol. The van der Waals surface area contributed by atoms with Gasteiger partial charge >= 0.3 is 0 Å². The van der Waals surface area contributed by atoms with Crippen molar-refractivity contribution in [1.29, 1.82) is 0 Å². The molecule has 0 bridgehead atoms. The van der Waals surface area contributed by atoms with Crippen molar-refractivity contribution in [1.82, 2.24) is 0 Å². The lowest BCUT2D eigenvalue weighted by Crippen LogP contribution is -1.55. The van der Waals surface area contributed by atoms with Gasteiger partial charge < -0.3 is 0 Å². The second-order valence-electron chi connectivity index (χ2n) is 1.62. The van der Waals surface area contributed by atoms with E-state index in [4.69, 9.17) is 0 Å². The molecule has 0 N–H and O–H groups in total. The van der Waals surface area contributed by atoms with Crippen LogP contribution in [0.15, 0.2) is 35.8 Å². The zero-order chi connectivity index (χ0) is 14.4. The Kier molecular flexibility index (Phi) is 115. The molecule has 0 aromatic carbocycles. The van der Waals surface area contributed by atoms with Crippen LogP contribution in [0.4, 0.5) is 0 Å². The average Bonchev–Trinajstić information content (AvgIpc) is 2.38. The van der Waals surface area contributed by atoms with Crippen molar-refractivity contribution in [3.8, 4) is 0 Å². The molecule has 0 saturated heterocycles. The predicted octanol–water partition coefficient (Wildman–Crippen LogP) is 6.67.